The Morgan fingerprint density at radius 2 is 1.67 bits per heavy atom. The zero-order valence-electron chi connectivity index (χ0n) is 15.1. The summed E-state index contributed by atoms with van der Waals surface area (Å²) < 4.78 is 5.81. The molecule has 0 radical (unpaired) electrons. The van der Waals surface area contributed by atoms with Gasteiger partial charge in [-0.3, -0.25) is 0 Å². The van der Waals surface area contributed by atoms with Crippen LogP contribution in [0.5, 0.6) is 17.2 Å². The van der Waals surface area contributed by atoms with Gasteiger partial charge in [-0.25, -0.2) is 4.79 Å². The molecule has 5 heteroatoms. The van der Waals surface area contributed by atoms with Gasteiger partial charge in [0.25, 0.3) is 0 Å². The highest BCUT2D eigenvalue weighted by atomic mass is 16.5. The molecule has 138 valence electrons. The maximum atomic E-state index is 12.3. The maximum Gasteiger partial charge on any atom is 0.317 e. The van der Waals surface area contributed by atoms with Crippen molar-refractivity contribution in [3.8, 4) is 17.2 Å². The number of hydrogen-bond donors (Lipinski definition) is 2. The third-order valence-electron chi connectivity index (χ3n) is 4.07. The Balaban J connectivity index is 1.55. The van der Waals surface area contributed by atoms with Crippen LogP contribution in [-0.4, -0.2) is 23.1 Å². The Hall–Kier alpha value is -3.47. The molecule has 0 spiro atoms. The van der Waals surface area contributed by atoms with Gasteiger partial charge in [0, 0.05) is 19.2 Å². The molecule has 0 heterocycles. The molecule has 0 saturated heterocycles. The zero-order chi connectivity index (χ0) is 19.1. The Labute approximate surface area is 158 Å². The lowest BCUT2D eigenvalue weighted by Gasteiger charge is -2.18. The van der Waals surface area contributed by atoms with Crippen LogP contribution in [0.3, 0.4) is 0 Å². The number of rotatable bonds is 6. The first-order valence-electron chi connectivity index (χ1n) is 8.69. The second-order valence-corrected chi connectivity index (χ2v) is 6.21. The zero-order valence-corrected chi connectivity index (χ0v) is 15.1. The standard InChI is InChI=1S/C22H22N2O3/c1-24(16-18-9-5-6-13-21(18)25)22(26)23-15-17-8-7-12-20(14-17)27-19-10-3-2-4-11-19/h2-14,25H,15-16H2,1H3,(H,23,26). The van der Waals surface area contributed by atoms with Gasteiger partial charge in [0.15, 0.2) is 0 Å². The van der Waals surface area contributed by atoms with Gasteiger partial charge in [-0.1, -0.05) is 48.5 Å². The Morgan fingerprint density at radius 1 is 0.963 bits per heavy atom. The largest absolute Gasteiger partial charge is 0.508 e. The van der Waals surface area contributed by atoms with E-state index >= 15 is 0 Å². The number of carbonyl (C=O) groups excluding carboxylic acids is 1. The van der Waals surface area contributed by atoms with E-state index in [0.29, 0.717) is 18.7 Å². The van der Waals surface area contributed by atoms with Gasteiger partial charge in [0.1, 0.15) is 17.2 Å². The van der Waals surface area contributed by atoms with Crippen LogP contribution < -0.4 is 10.1 Å². The summed E-state index contributed by atoms with van der Waals surface area (Å²) in [5.74, 6) is 1.67. The molecule has 0 aromatic heterocycles. The fourth-order valence-corrected chi connectivity index (χ4v) is 2.63. The van der Waals surface area contributed by atoms with Gasteiger partial charge < -0.3 is 20.1 Å². The van der Waals surface area contributed by atoms with E-state index in [1.54, 1.807) is 25.2 Å². The van der Waals surface area contributed by atoms with Crippen LogP contribution in [0.2, 0.25) is 0 Å². The van der Waals surface area contributed by atoms with Crippen molar-refractivity contribution in [1.82, 2.24) is 10.2 Å². The molecule has 0 fully saturated rings. The van der Waals surface area contributed by atoms with Crippen LogP contribution in [-0.2, 0) is 13.1 Å². The first-order valence-corrected chi connectivity index (χ1v) is 8.69. The van der Waals surface area contributed by atoms with Crippen LogP contribution in [0.25, 0.3) is 0 Å². The van der Waals surface area contributed by atoms with Gasteiger partial charge in [-0.2, -0.15) is 0 Å². The summed E-state index contributed by atoms with van der Waals surface area (Å²) in [5, 5.41) is 12.7. The van der Waals surface area contributed by atoms with E-state index in [4.69, 9.17) is 4.74 Å². The van der Waals surface area contributed by atoms with Crippen molar-refractivity contribution in [3.05, 3.63) is 90.0 Å². The molecular formula is C22H22N2O3. The van der Waals surface area contributed by atoms with Gasteiger partial charge in [-0.15, -0.1) is 0 Å². The predicted molar refractivity (Wildman–Crippen MR) is 105 cm³/mol. The van der Waals surface area contributed by atoms with Crippen LogP contribution >= 0.6 is 0 Å². The molecule has 0 aliphatic heterocycles. The number of hydrogen-bond acceptors (Lipinski definition) is 3. The van der Waals surface area contributed by atoms with Crippen LogP contribution in [0.4, 0.5) is 4.79 Å². The number of ether oxygens (including phenoxy) is 1. The number of phenolic OH excluding ortho intramolecular Hbond substituents is 1. The van der Waals surface area contributed by atoms with Crippen molar-refractivity contribution in [2.45, 2.75) is 13.1 Å². The molecule has 0 saturated carbocycles. The van der Waals surface area contributed by atoms with Crippen LogP contribution in [0, 0.1) is 0 Å². The highest BCUT2D eigenvalue weighted by molar-refractivity contribution is 5.74. The number of nitrogens with zero attached hydrogens (tertiary/aromatic N) is 1. The normalized spacial score (nSPS) is 10.3. The van der Waals surface area contributed by atoms with E-state index < -0.39 is 0 Å². The predicted octanol–water partition coefficient (Wildman–Crippen LogP) is 4.53. The monoisotopic (exact) mass is 362 g/mol. The van der Waals surface area contributed by atoms with E-state index in [2.05, 4.69) is 5.32 Å². The Kier molecular flexibility index (Phi) is 5.94. The summed E-state index contributed by atoms with van der Waals surface area (Å²) in [6, 6.07) is 23.9. The van der Waals surface area contributed by atoms with Crippen LogP contribution in [0.15, 0.2) is 78.9 Å². The van der Waals surface area contributed by atoms with E-state index in [1.807, 2.05) is 60.7 Å². The van der Waals surface area contributed by atoms with E-state index in [0.717, 1.165) is 17.1 Å². The van der Waals surface area contributed by atoms with Crippen molar-refractivity contribution < 1.29 is 14.6 Å². The molecular weight excluding hydrogens is 340 g/mol. The van der Waals surface area contributed by atoms with E-state index in [-0.39, 0.29) is 11.8 Å². The lowest BCUT2D eigenvalue weighted by atomic mass is 10.2. The fourth-order valence-electron chi connectivity index (χ4n) is 2.63. The molecule has 0 unspecified atom stereocenters. The molecule has 3 aromatic carbocycles. The van der Waals surface area contributed by atoms with Crippen molar-refractivity contribution in [3.63, 3.8) is 0 Å². The van der Waals surface area contributed by atoms with E-state index in [9.17, 15) is 9.90 Å². The number of aromatic hydroxyl groups is 1. The van der Waals surface area contributed by atoms with Crippen molar-refractivity contribution in [1.29, 1.82) is 0 Å². The SMILES string of the molecule is CN(Cc1ccccc1O)C(=O)NCc1cccc(Oc2ccccc2)c1. The lowest BCUT2D eigenvalue weighted by molar-refractivity contribution is 0.206. The van der Waals surface area contributed by atoms with E-state index in [1.165, 1.54) is 4.90 Å². The highest BCUT2D eigenvalue weighted by Gasteiger charge is 2.11. The topological polar surface area (TPSA) is 61.8 Å². The van der Waals surface area contributed by atoms with Crippen LogP contribution in [0.1, 0.15) is 11.1 Å². The number of carbonyl (C=O) groups is 1. The number of benzene rings is 3. The average Bonchev–Trinajstić information content (AvgIpc) is 2.69. The quantitative estimate of drug-likeness (QED) is 0.677. The summed E-state index contributed by atoms with van der Waals surface area (Å²) in [6.45, 7) is 0.714. The van der Waals surface area contributed by atoms with Crippen molar-refractivity contribution in [2.75, 3.05) is 7.05 Å². The summed E-state index contributed by atoms with van der Waals surface area (Å²) in [6.07, 6.45) is 0. The second-order valence-electron chi connectivity index (χ2n) is 6.21. The molecule has 3 rings (SSSR count). The molecule has 0 aliphatic rings. The third-order valence-corrected chi connectivity index (χ3v) is 4.07. The lowest BCUT2D eigenvalue weighted by Crippen LogP contribution is -2.36. The molecule has 0 atom stereocenters. The highest BCUT2D eigenvalue weighted by Crippen LogP contribution is 2.22. The molecule has 0 aliphatic carbocycles. The minimum Gasteiger partial charge on any atom is -0.508 e. The van der Waals surface area contributed by atoms with Crippen molar-refractivity contribution in [2.24, 2.45) is 0 Å². The first-order chi connectivity index (χ1) is 13.1. The third kappa shape index (κ3) is 5.25. The molecule has 0 bridgehead atoms. The summed E-state index contributed by atoms with van der Waals surface area (Å²) in [7, 11) is 1.69. The van der Waals surface area contributed by atoms with Gasteiger partial charge >= 0.3 is 6.03 Å². The maximum absolute atomic E-state index is 12.3. The molecule has 3 aromatic rings. The molecule has 2 N–H and O–H groups in total. The number of nitrogens with one attached hydrogen (secondary N) is 1. The number of amides is 2. The summed E-state index contributed by atoms with van der Waals surface area (Å²) >= 11 is 0. The van der Waals surface area contributed by atoms with Gasteiger partial charge in [0.05, 0.1) is 6.54 Å². The Morgan fingerprint density at radius 3 is 2.44 bits per heavy atom. The molecule has 27 heavy (non-hydrogen) atoms. The molecule has 5 nitrogen and oxygen atoms in total. The Bertz CT molecular complexity index is 897. The minimum atomic E-state index is -0.215. The first kappa shape index (κ1) is 18.3. The smallest absolute Gasteiger partial charge is 0.317 e. The number of para-hydroxylation sites is 2. The number of phenols is 1. The fraction of sp³-hybridized carbons (Fsp3) is 0.136. The summed E-state index contributed by atoms with van der Waals surface area (Å²) in [5.41, 5.74) is 1.64. The average molecular weight is 362 g/mol. The molecule has 2 amide bonds. The van der Waals surface area contributed by atoms with Gasteiger partial charge in [-0.05, 0) is 35.9 Å². The summed E-state index contributed by atoms with van der Waals surface area (Å²) in [4.78, 5) is 13.8. The second kappa shape index (κ2) is 8.76. The van der Waals surface area contributed by atoms with Gasteiger partial charge in [0.2, 0.25) is 0 Å². The minimum absolute atomic E-state index is 0.183. The van der Waals surface area contributed by atoms with Crippen molar-refractivity contribution >= 4 is 6.03 Å². The number of urea groups is 1.